The third-order valence-electron chi connectivity index (χ3n) is 5.50. The molecule has 2 aromatic heterocycles. The van der Waals surface area contributed by atoms with Crippen molar-refractivity contribution in [2.45, 2.75) is 19.8 Å². The molecule has 148 valence electrons. The van der Waals surface area contributed by atoms with Crippen LogP contribution in [-0.4, -0.2) is 30.0 Å². The van der Waals surface area contributed by atoms with Gasteiger partial charge in [-0.05, 0) is 24.3 Å². The number of carbonyl (C=O) groups excluding carboxylic acids is 1. The van der Waals surface area contributed by atoms with Gasteiger partial charge in [-0.2, -0.15) is 0 Å². The quantitative estimate of drug-likeness (QED) is 0.732. The number of hydrogen-bond donors (Lipinski definition) is 1. The molecule has 4 rings (SSSR count). The van der Waals surface area contributed by atoms with E-state index in [1.165, 1.54) is 0 Å². The first-order chi connectivity index (χ1) is 13.8. The Kier molecular flexibility index (Phi) is 4.49. The lowest BCUT2D eigenvalue weighted by Crippen LogP contribution is -2.38. The molecule has 29 heavy (non-hydrogen) atoms. The molecule has 0 bridgehead atoms. The SMILES string of the molecule is CN(C)c1ccc(-c2ccc3c(n2)Oc2ccccc2[C@@H]3C(C)(C)C(N)=O)cn1. The summed E-state index contributed by atoms with van der Waals surface area (Å²) in [6.07, 6.45) is 1.80. The van der Waals surface area contributed by atoms with Gasteiger partial charge in [0.15, 0.2) is 0 Å². The number of hydrogen-bond acceptors (Lipinski definition) is 5. The second-order valence-corrected chi connectivity index (χ2v) is 8.05. The minimum Gasteiger partial charge on any atom is -0.438 e. The molecule has 0 aliphatic carbocycles. The molecule has 6 nitrogen and oxygen atoms in total. The van der Waals surface area contributed by atoms with Crippen molar-refractivity contribution in [1.29, 1.82) is 0 Å². The fourth-order valence-corrected chi connectivity index (χ4v) is 3.72. The van der Waals surface area contributed by atoms with Gasteiger partial charge in [0, 0.05) is 42.9 Å². The zero-order valence-corrected chi connectivity index (χ0v) is 17.0. The summed E-state index contributed by atoms with van der Waals surface area (Å²) in [5.41, 5.74) is 8.42. The first-order valence-corrected chi connectivity index (χ1v) is 9.50. The minimum absolute atomic E-state index is 0.240. The van der Waals surface area contributed by atoms with E-state index in [0.29, 0.717) is 11.6 Å². The number of nitrogens with zero attached hydrogens (tertiary/aromatic N) is 3. The third-order valence-corrected chi connectivity index (χ3v) is 5.50. The molecule has 0 fully saturated rings. The van der Waals surface area contributed by atoms with E-state index in [-0.39, 0.29) is 11.8 Å². The van der Waals surface area contributed by atoms with Crippen LogP contribution in [0.4, 0.5) is 5.82 Å². The van der Waals surface area contributed by atoms with Gasteiger partial charge in [-0.3, -0.25) is 4.79 Å². The highest BCUT2D eigenvalue weighted by molar-refractivity contribution is 5.83. The van der Waals surface area contributed by atoms with Crippen LogP contribution in [0.15, 0.2) is 54.7 Å². The topological polar surface area (TPSA) is 81.3 Å². The molecule has 1 aliphatic heterocycles. The number of carbonyl (C=O) groups is 1. The number of rotatable bonds is 4. The van der Waals surface area contributed by atoms with Crippen LogP contribution in [-0.2, 0) is 4.79 Å². The lowest BCUT2D eigenvalue weighted by molar-refractivity contribution is -0.126. The molecular formula is C23H24N4O2. The molecule has 1 aliphatic rings. The highest BCUT2D eigenvalue weighted by Gasteiger charge is 2.42. The summed E-state index contributed by atoms with van der Waals surface area (Å²) < 4.78 is 6.11. The van der Waals surface area contributed by atoms with Gasteiger partial charge in [-0.25, -0.2) is 9.97 Å². The van der Waals surface area contributed by atoms with E-state index in [4.69, 9.17) is 15.5 Å². The monoisotopic (exact) mass is 388 g/mol. The smallest absolute Gasteiger partial charge is 0.224 e. The van der Waals surface area contributed by atoms with E-state index in [2.05, 4.69) is 4.98 Å². The summed E-state index contributed by atoms with van der Waals surface area (Å²) in [4.78, 5) is 23.4. The molecule has 3 aromatic rings. The van der Waals surface area contributed by atoms with Gasteiger partial charge in [0.1, 0.15) is 11.6 Å². The molecule has 6 heteroatoms. The Bertz CT molecular complexity index is 1070. The van der Waals surface area contributed by atoms with Crippen molar-refractivity contribution in [2.24, 2.45) is 11.1 Å². The molecule has 1 aromatic carbocycles. The number of benzene rings is 1. The van der Waals surface area contributed by atoms with Crippen LogP contribution in [0.25, 0.3) is 11.3 Å². The Labute approximate surface area is 170 Å². The summed E-state index contributed by atoms with van der Waals surface area (Å²) in [5.74, 6) is 1.47. The van der Waals surface area contributed by atoms with Crippen molar-refractivity contribution in [2.75, 3.05) is 19.0 Å². The van der Waals surface area contributed by atoms with E-state index in [9.17, 15) is 4.79 Å². The first kappa shape index (κ1) is 18.9. The summed E-state index contributed by atoms with van der Waals surface area (Å²) in [5, 5.41) is 0. The minimum atomic E-state index is -0.799. The van der Waals surface area contributed by atoms with Crippen LogP contribution in [0.3, 0.4) is 0 Å². The Morgan fingerprint density at radius 2 is 1.83 bits per heavy atom. The fourth-order valence-electron chi connectivity index (χ4n) is 3.72. The van der Waals surface area contributed by atoms with Crippen molar-refractivity contribution < 1.29 is 9.53 Å². The highest BCUT2D eigenvalue weighted by Crippen LogP contribution is 2.51. The molecule has 0 unspecified atom stereocenters. The van der Waals surface area contributed by atoms with Crippen LogP contribution in [0.1, 0.15) is 30.9 Å². The van der Waals surface area contributed by atoms with Crippen LogP contribution >= 0.6 is 0 Å². The van der Waals surface area contributed by atoms with Crippen LogP contribution in [0, 0.1) is 5.41 Å². The van der Waals surface area contributed by atoms with E-state index in [1.807, 2.05) is 81.4 Å². The number of amides is 1. The van der Waals surface area contributed by atoms with Crippen LogP contribution in [0.5, 0.6) is 11.6 Å². The number of primary amides is 1. The standard InChI is InChI=1S/C23H24N4O2/c1-23(2,22(24)28)20-15-7-5-6-8-18(15)29-21-16(20)10-11-17(26-21)14-9-12-19(25-13-14)27(3)4/h5-13,20H,1-4H3,(H2,24,28)/t20-/m0/s1. The average Bonchev–Trinajstić information content (AvgIpc) is 2.71. The number of aromatic nitrogens is 2. The molecule has 2 N–H and O–H groups in total. The summed E-state index contributed by atoms with van der Waals surface area (Å²) >= 11 is 0. The molecule has 0 saturated heterocycles. The maximum absolute atomic E-state index is 12.3. The number of para-hydroxylation sites is 1. The Balaban J connectivity index is 1.81. The van der Waals surface area contributed by atoms with Gasteiger partial charge in [0.05, 0.1) is 11.1 Å². The van der Waals surface area contributed by atoms with Gasteiger partial charge >= 0.3 is 0 Å². The van der Waals surface area contributed by atoms with Crippen molar-refractivity contribution in [1.82, 2.24) is 9.97 Å². The highest BCUT2D eigenvalue weighted by atomic mass is 16.5. The van der Waals surface area contributed by atoms with Crippen LogP contribution < -0.4 is 15.4 Å². The number of nitrogens with two attached hydrogens (primary N) is 1. The molecule has 1 amide bonds. The van der Waals surface area contributed by atoms with Crippen molar-refractivity contribution in [3.8, 4) is 22.9 Å². The van der Waals surface area contributed by atoms with E-state index in [1.54, 1.807) is 6.20 Å². The van der Waals surface area contributed by atoms with E-state index < -0.39 is 5.41 Å². The van der Waals surface area contributed by atoms with Crippen molar-refractivity contribution >= 4 is 11.7 Å². The second kappa shape index (κ2) is 6.88. The molecule has 0 spiro atoms. The Morgan fingerprint density at radius 3 is 2.48 bits per heavy atom. The maximum Gasteiger partial charge on any atom is 0.224 e. The molecule has 0 radical (unpaired) electrons. The van der Waals surface area contributed by atoms with Gasteiger partial charge in [-0.1, -0.05) is 38.1 Å². The molecule has 1 atom stereocenters. The van der Waals surface area contributed by atoms with Gasteiger partial charge in [0.25, 0.3) is 0 Å². The second-order valence-electron chi connectivity index (χ2n) is 8.05. The summed E-state index contributed by atoms with van der Waals surface area (Å²) in [6, 6.07) is 15.6. The number of anilines is 1. The average molecular weight is 388 g/mol. The zero-order valence-electron chi connectivity index (χ0n) is 17.0. The predicted molar refractivity (Wildman–Crippen MR) is 113 cm³/mol. The van der Waals surface area contributed by atoms with Gasteiger partial charge < -0.3 is 15.4 Å². The lowest BCUT2D eigenvalue weighted by atomic mass is 9.70. The molecular weight excluding hydrogens is 364 g/mol. The first-order valence-electron chi connectivity index (χ1n) is 9.50. The Hall–Kier alpha value is -3.41. The normalized spacial score (nSPS) is 15.1. The summed E-state index contributed by atoms with van der Waals surface area (Å²) in [7, 11) is 3.90. The maximum atomic E-state index is 12.3. The van der Waals surface area contributed by atoms with E-state index in [0.717, 1.165) is 28.2 Å². The van der Waals surface area contributed by atoms with Gasteiger partial charge in [0.2, 0.25) is 11.8 Å². The largest absolute Gasteiger partial charge is 0.438 e. The summed E-state index contributed by atoms with van der Waals surface area (Å²) in [6.45, 7) is 3.73. The zero-order chi connectivity index (χ0) is 20.8. The Morgan fingerprint density at radius 1 is 1.07 bits per heavy atom. The number of fused-ring (bicyclic) bond motifs is 2. The predicted octanol–water partition coefficient (Wildman–Crippen LogP) is 3.96. The number of ether oxygens (including phenoxy) is 1. The number of pyridine rings is 2. The lowest BCUT2D eigenvalue weighted by Gasteiger charge is -2.36. The molecule has 0 saturated carbocycles. The van der Waals surface area contributed by atoms with E-state index >= 15 is 0 Å². The van der Waals surface area contributed by atoms with Crippen LogP contribution in [0.2, 0.25) is 0 Å². The molecule has 3 heterocycles. The van der Waals surface area contributed by atoms with Gasteiger partial charge in [-0.15, -0.1) is 0 Å². The van der Waals surface area contributed by atoms with Crippen molar-refractivity contribution in [3.05, 3.63) is 65.9 Å². The van der Waals surface area contributed by atoms with Crippen molar-refractivity contribution in [3.63, 3.8) is 0 Å². The third kappa shape index (κ3) is 3.20. The fraction of sp³-hybridized carbons (Fsp3) is 0.261.